The third kappa shape index (κ3) is 2.87. The highest BCUT2D eigenvalue weighted by atomic mass is 32.2. The van der Waals surface area contributed by atoms with E-state index in [-0.39, 0.29) is 5.91 Å². The minimum Gasteiger partial charge on any atom is -0.399 e. The number of anilines is 1. The molecule has 2 aliphatic rings. The van der Waals surface area contributed by atoms with E-state index >= 15 is 0 Å². The van der Waals surface area contributed by atoms with E-state index in [9.17, 15) is 4.79 Å². The molecule has 0 saturated carbocycles. The van der Waals surface area contributed by atoms with Gasteiger partial charge in [-0.3, -0.25) is 4.79 Å². The highest BCUT2D eigenvalue weighted by Gasteiger charge is 2.32. The van der Waals surface area contributed by atoms with Crippen LogP contribution in [0, 0.1) is 0 Å². The van der Waals surface area contributed by atoms with Gasteiger partial charge in [0.25, 0.3) is 5.91 Å². The number of nitrogen functional groups attached to an aromatic ring is 1. The predicted octanol–water partition coefficient (Wildman–Crippen LogP) is 3.20. The smallest absolute Gasteiger partial charge is 0.274 e. The van der Waals surface area contributed by atoms with Gasteiger partial charge in [0.2, 0.25) is 0 Å². The number of para-hydroxylation sites is 1. The fourth-order valence-corrected chi connectivity index (χ4v) is 4.76. The molecule has 2 N–H and O–H groups in total. The number of morpholine rings is 1. The van der Waals surface area contributed by atoms with Crippen molar-refractivity contribution in [3.63, 3.8) is 0 Å². The van der Waals surface area contributed by atoms with E-state index in [0.717, 1.165) is 27.4 Å². The molecule has 2 aliphatic heterocycles. The van der Waals surface area contributed by atoms with E-state index in [0.29, 0.717) is 43.4 Å². The Hall–Kier alpha value is -2.77. The van der Waals surface area contributed by atoms with E-state index < -0.39 is 0 Å². The Morgan fingerprint density at radius 3 is 2.68 bits per heavy atom. The number of amides is 1. The highest BCUT2D eigenvalue weighted by Crippen LogP contribution is 2.44. The van der Waals surface area contributed by atoms with E-state index in [4.69, 9.17) is 15.6 Å². The van der Waals surface area contributed by atoms with Crippen molar-refractivity contribution in [3.8, 4) is 16.9 Å². The highest BCUT2D eigenvalue weighted by molar-refractivity contribution is 7.98. The van der Waals surface area contributed by atoms with Gasteiger partial charge in [0.05, 0.1) is 24.6 Å². The fraction of sp³-hybridized carbons (Fsp3) is 0.238. The Bertz CT molecular complexity index is 1040. The minimum absolute atomic E-state index is 0.0258. The molecule has 0 spiro atoms. The van der Waals surface area contributed by atoms with Crippen LogP contribution in [0.15, 0.2) is 53.4 Å². The molecule has 6 nitrogen and oxygen atoms in total. The lowest BCUT2D eigenvalue weighted by molar-refractivity contribution is 0.0298. The zero-order valence-electron chi connectivity index (χ0n) is 15.3. The molecule has 0 atom stereocenters. The summed E-state index contributed by atoms with van der Waals surface area (Å²) in [5.74, 6) is 0.687. The number of thioether (sulfide) groups is 1. The Labute approximate surface area is 167 Å². The van der Waals surface area contributed by atoms with Gasteiger partial charge < -0.3 is 15.4 Å². The molecule has 7 heteroatoms. The number of carbonyl (C=O) groups is 1. The molecule has 0 aliphatic carbocycles. The summed E-state index contributed by atoms with van der Waals surface area (Å²) in [5, 5.41) is 4.80. The molecule has 3 heterocycles. The number of carbonyl (C=O) groups excluding carboxylic acids is 1. The summed E-state index contributed by atoms with van der Waals surface area (Å²) < 4.78 is 7.28. The van der Waals surface area contributed by atoms with Crippen molar-refractivity contribution >= 4 is 23.4 Å². The number of hydrogen-bond donors (Lipinski definition) is 1. The third-order valence-electron chi connectivity index (χ3n) is 5.12. The summed E-state index contributed by atoms with van der Waals surface area (Å²) in [6.07, 6.45) is 0. The number of nitrogens with two attached hydrogens (primary N) is 1. The molecular formula is C21H20N4O2S. The third-order valence-corrected chi connectivity index (χ3v) is 6.22. The van der Waals surface area contributed by atoms with Gasteiger partial charge in [-0.2, -0.15) is 5.10 Å². The van der Waals surface area contributed by atoms with E-state index in [1.165, 1.54) is 0 Å². The van der Waals surface area contributed by atoms with Gasteiger partial charge >= 0.3 is 0 Å². The molecule has 3 aromatic rings. The summed E-state index contributed by atoms with van der Waals surface area (Å²) in [7, 11) is 0. The predicted molar refractivity (Wildman–Crippen MR) is 110 cm³/mol. The first-order valence-corrected chi connectivity index (χ1v) is 10.3. The van der Waals surface area contributed by atoms with Gasteiger partial charge in [-0.15, -0.1) is 11.8 Å². The van der Waals surface area contributed by atoms with Crippen LogP contribution in [0.2, 0.25) is 0 Å². The second-order valence-corrected chi connectivity index (χ2v) is 7.89. The Balaban J connectivity index is 1.70. The van der Waals surface area contributed by atoms with Crippen molar-refractivity contribution in [2.45, 2.75) is 10.6 Å². The number of nitrogens with zero attached hydrogens (tertiary/aromatic N) is 3. The van der Waals surface area contributed by atoms with Crippen molar-refractivity contribution in [2.24, 2.45) is 0 Å². The summed E-state index contributed by atoms with van der Waals surface area (Å²) >= 11 is 1.72. The van der Waals surface area contributed by atoms with Gasteiger partial charge in [-0.25, -0.2) is 4.68 Å². The topological polar surface area (TPSA) is 73.4 Å². The molecule has 0 bridgehead atoms. The van der Waals surface area contributed by atoms with Crippen LogP contribution in [0.25, 0.3) is 16.9 Å². The standard InChI is InChI=1S/C21H20N4O2S/c22-14-6-7-18-16(12-14)20-17(13-28-18)19(21(26)24-8-10-27-11-9-24)23-25(20)15-4-2-1-3-5-15/h1-7,12H,8-11,13,22H2. The van der Waals surface area contributed by atoms with Crippen LogP contribution in [-0.4, -0.2) is 46.9 Å². The van der Waals surface area contributed by atoms with Gasteiger partial charge in [-0.1, -0.05) is 18.2 Å². The van der Waals surface area contributed by atoms with Crippen LogP contribution < -0.4 is 5.73 Å². The van der Waals surface area contributed by atoms with Crippen LogP contribution >= 0.6 is 11.8 Å². The second-order valence-electron chi connectivity index (χ2n) is 6.87. The SMILES string of the molecule is Nc1ccc2c(c1)-c1c(c(C(=O)N3CCOCC3)nn1-c1ccccc1)CS2. The summed E-state index contributed by atoms with van der Waals surface area (Å²) in [5.41, 5.74) is 11.2. The van der Waals surface area contributed by atoms with Crippen molar-refractivity contribution in [2.75, 3.05) is 32.0 Å². The fourth-order valence-electron chi connectivity index (χ4n) is 3.72. The van der Waals surface area contributed by atoms with Crippen molar-refractivity contribution in [1.29, 1.82) is 0 Å². The molecule has 142 valence electrons. The maximum atomic E-state index is 13.3. The number of ether oxygens (including phenoxy) is 1. The maximum Gasteiger partial charge on any atom is 0.274 e. The second kappa shape index (κ2) is 7.00. The number of fused-ring (bicyclic) bond motifs is 3. The van der Waals surface area contributed by atoms with Crippen molar-refractivity contribution in [1.82, 2.24) is 14.7 Å². The first-order chi connectivity index (χ1) is 13.7. The van der Waals surface area contributed by atoms with Crippen LogP contribution in [0.1, 0.15) is 16.1 Å². The Morgan fingerprint density at radius 1 is 1.11 bits per heavy atom. The Morgan fingerprint density at radius 2 is 1.89 bits per heavy atom. The maximum absolute atomic E-state index is 13.3. The zero-order valence-corrected chi connectivity index (χ0v) is 16.1. The number of hydrogen-bond acceptors (Lipinski definition) is 5. The molecule has 1 fully saturated rings. The normalized spacial score (nSPS) is 15.8. The number of benzene rings is 2. The van der Waals surface area contributed by atoms with Crippen LogP contribution in [0.5, 0.6) is 0 Å². The molecule has 0 radical (unpaired) electrons. The molecule has 1 saturated heterocycles. The number of rotatable bonds is 2. The van der Waals surface area contributed by atoms with Gasteiger partial charge in [0, 0.05) is 40.6 Å². The minimum atomic E-state index is -0.0258. The molecule has 0 unspecified atom stereocenters. The van der Waals surface area contributed by atoms with Crippen LogP contribution in [0.3, 0.4) is 0 Å². The van der Waals surface area contributed by atoms with E-state index in [2.05, 4.69) is 0 Å². The first kappa shape index (κ1) is 17.3. The van der Waals surface area contributed by atoms with Gasteiger partial charge in [0.15, 0.2) is 5.69 Å². The lowest BCUT2D eigenvalue weighted by Crippen LogP contribution is -2.41. The average Bonchev–Trinajstić information content (AvgIpc) is 3.14. The van der Waals surface area contributed by atoms with Crippen LogP contribution in [0.4, 0.5) is 5.69 Å². The quantitative estimate of drug-likeness (QED) is 0.678. The lowest BCUT2D eigenvalue weighted by atomic mass is 10.0. The molecule has 1 aromatic heterocycles. The van der Waals surface area contributed by atoms with E-state index in [1.54, 1.807) is 11.8 Å². The molecule has 2 aromatic carbocycles. The average molecular weight is 392 g/mol. The van der Waals surface area contributed by atoms with Crippen molar-refractivity contribution in [3.05, 3.63) is 59.8 Å². The zero-order chi connectivity index (χ0) is 19.1. The summed E-state index contributed by atoms with van der Waals surface area (Å²) in [6.45, 7) is 2.34. The summed E-state index contributed by atoms with van der Waals surface area (Å²) in [6, 6.07) is 15.9. The van der Waals surface area contributed by atoms with Crippen molar-refractivity contribution < 1.29 is 9.53 Å². The number of aromatic nitrogens is 2. The first-order valence-electron chi connectivity index (χ1n) is 9.29. The molecule has 28 heavy (non-hydrogen) atoms. The lowest BCUT2D eigenvalue weighted by Gasteiger charge is -2.26. The monoisotopic (exact) mass is 392 g/mol. The van der Waals surface area contributed by atoms with Crippen LogP contribution in [-0.2, 0) is 10.5 Å². The molecule has 5 rings (SSSR count). The molecule has 1 amide bonds. The largest absolute Gasteiger partial charge is 0.399 e. The van der Waals surface area contributed by atoms with Gasteiger partial charge in [-0.05, 0) is 30.3 Å². The summed E-state index contributed by atoms with van der Waals surface area (Å²) in [4.78, 5) is 16.2. The Kier molecular flexibility index (Phi) is 4.33. The molecular weight excluding hydrogens is 372 g/mol. The van der Waals surface area contributed by atoms with E-state index in [1.807, 2.05) is 58.1 Å². The van der Waals surface area contributed by atoms with Gasteiger partial charge in [0.1, 0.15) is 0 Å².